The molecule has 3 nitrogen and oxygen atoms in total. The molecule has 1 aliphatic carbocycles. The molecule has 2 aromatic rings. The third-order valence-electron chi connectivity index (χ3n) is 5.80. The van der Waals surface area contributed by atoms with Crippen molar-refractivity contribution in [1.29, 1.82) is 0 Å². The highest BCUT2D eigenvalue weighted by Crippen LogP contribution is 2.35. The number of likely N-dealkylation sites (N-methyl/N-ethyl adjacent to an activating group) is 1. The maximum absolute atomic E-state index is 3.51. The van der Waals surface area contributed by atoms with E-state index >= 15 is 0 Å². The van der Waals surface area contributed by atoms with E-state index in [0.717, 1.165) is 39.3 Å². The van der Waals surface area contributed by atoms with Crippen molar-refractivity contribution in [2.24, 2.45) is 0 Å². The van der Waals surface area contributed by atoms with Gasteiger partial charge in [-0.05, 0) is 36.6 Å². The Morgan fingerprint density at radius 1 is 0.920 bits per heavy atom. The van der Waals surface area contributed by atoms with E-state index in [2.05, 4.69) is 76.8 Å². The van der Waals surface area contributed by atoms with E-state index in [-0.39, 0.29) is 5.54 Å². The van der Waals surface area contributed by atoms with Gasteiger partial charge in [-0.1, -0.05) is 54.6 Å². The highest BCUT2D eigenvalue weighted by molar-refractivity contribution is 5.37. The molecule has 1 aliphatic heterocycles. The Labute approximate surface area is 151 Å². The van der Waals surface area contributed by atoms with E-state index in [4.69, 9.17) is 0 Å². The minimum absolute atomic E-state index is 0.245. The van der Waals surface area contributed by atoms with Gasteiger partial charge in [0.2, 0.25) is 0 Å². The lowest BCUT2D eigenvalue weighted by Crippen LogP contribution is -2.61. The molecule has 2 aromatic carbocycles. The molecule has 1 saturated heterocycles. The molecule has 0 unspecified atom stereocenters. The summed E-state index contributed by atoms with van der Waals surface area (Å²) in [7, 11) is 2.28. The van der Waals surface area contributed by atoms with Gasteiger partial charge in [-0.25, -0.2) is 0 Å². The first-order chi connectivity index (χ1) is 12.3. The maximum Gasteiger partial charge on any atom is 0.0418 e. The predicted octanol–water partition coefficient (Wildman–Crippen LogP) is 2.56. The fourth-order valence-electron chi connectivity index (χ4n) is 4.70. The molecule has 132 valence electrons. The lowest BCUT2D eigenvalue weighted by molar-refractivity contribution is 0.0486. The van der Waals surface area contributed by atoms with Crippen molar-refractivity contribution in [3.63, 3.8) is 0 Å². The zero-order valence-corrected chi connectivity index (χ0v) is 15.2. The average Bonchev–Trinajstić information content (AvgIpc) is 3.02. The van der Waals surface area contributed by atoms with Crippen molar-refractivity contribution in [1.82, 2.24) is 15.1 Å². The van der Waals surface area contributed by atoms with Crippen molar-refractivity contribution in [3.05, 3.63) is 71.3 Å². The van der Waals surface area contributed by atoms with E-state index < -0.39 is 0 Å². The molecule has 0 bridgehead atoms. The van der Waals surface area contributed by atoms with E-state index in [0.29, 0.717) is 0 Å². The Hall–Kier alpha value is -1.68. The Bertz CT molecular complexity index is 666. The van der Waals surface area contributed by atoms with Crippen LogP contribution in [0, 0.1) is 0 Å². The van der Waals surface area contributed by atoms with Crippen LogP contribution in [0.25, 0.3) is 0 Å². The standard InChI is InChI=1S/C22H29N3/c1-24(17-19-7-3-2-4-8-19)18-22(25-13-11-23-12-14-25)15-20-9-5-6-10-21(20)16-22/h2-10,23H,11-18H2,1H3. The van der Waals surface area contributed by atoms with Gasteiger partial charge in [-0.3, -0.25) is 4.90 Å². The molecule has 2 aliphatic rings. The van der Waals surface area contributed by atoms with E-state index in [1.54, 1.807) is 11.1 Å². The first-order valence-electron chi connectivity index (χ1n) is 9.50. The Morgan fingerprint density at radius 2 is 1.52 bits per heavy atom. The topological polar surface area (TPSA) is 18.5 Å². The molecule has 4 rings (SSSR count). The molecule has 0 saturated carbocycles. The molecule has 0 radical (unpaired) electrons. The summed E-state index contributed by atoms with van der Waals surface area (Å²) >= 11 is 0. The summed E-state index contributed by atoms with van der Waals surface area (Å²) in [6, 6.07) is 19.9. The second-order valence-electron chi connectivity index (χ2n) is 7.74. The van der Waals surface area contributed by atoms with Crippen molar-refractivity contribution in [2.45, 2.75) is 24.9 Å². The second kappa shape index (κ2) is 7.28. The van der Waals surface area contributed by atoms with Gasteiger partial charge < -0.3 is 10.2 Å². The monoisotopic (exact) mass is 335 g/mol. The number of nitrogens with one attached hydrogen (secondary N) is 1. The van der Waals surface area contributed by atoms with E-state index in [1.165, 1.54) is 18.4 Å². The smallest absolute Gasteiger partial charge is 0.0418 e. The fraction of sp³-hybridized carbons (Fsp3) is 0.455. The molecule has 0 aromatic heterocycles. The van der Waals surface area contributed by atoms with Gasteiger partial charge in [-0.2, -0.15) is 0 Å². The number of piperazine rings is 1. The third-order valence-corrected chi connectivity index (χ3v) is 5.80. The number of nitrogens with zero attached hydrogens (tertiary/aromatic N) is 2. The summed E-state index contributed by atoms with van der Waals surface area (Å²) in [5.74, 6) is 0. The summed E-state index contributed by atoms with van der Waals surface area (Å²) in [5.41, 5.74) is 4.74. The zero-order valence-electron chi connectivity index (χ0n) is 15.2. The number of rotatable bonds is 5. The van der Waals surface area contributed by atoms with Crippen LogP contribution >= 0.6 is 0 Å². The van der Waals surface area contributed by atoms with Gasteiger partial charge in [0.15, 0.2) is 0 Å². The van der Waals surface area contributed by atoms with Gasteiger partial charge in [0.1, 0.15) is 0 Å². The summed E-state index contributed by atoms with van der Waals surface area (Å²) in [6.45, 7) is 6.68. The van der Waals surface area contributed by atoms with Gasteiger partial charge in [0.05, 0.1) is 0 Å². The summed E-state index contributed by atoms with van der Waals surface area (Å²) in [4.78, 5) is 5.27. The van der Waals surface area contributed by atoms with E-state index in [1.807, 2.05) is 0 Å². The lowest BCUT2D eigenvalue weighted by atomic mass is 9.91. The Kier molecular flexibility index (Phi) is 4.89. The molecular formula is C22H29N3. The zero-order chi connectivity index (χ0) is 17.1. The largest absolute Gasteiger partial charge is 0.314 e. The molecule has 1 N–H and O–H groups in total. The number of hydrogen-bond acceptors (Lipinski definition) is 3. The molecule has 0 amide bonds. The molecule has 25 heavy (non-hydrogen) atoms. The van der Waals surface area contributed by atoms with Gasteiger partial charge in [-0.15, -0.1) is 0 Å². The van der Waals surface area contributed by atoms with Crippen molar-refractivity contribution < 1.29 is 0 Å². The molecule has 1 heterocycles. The Balaban J connectivity index is 1.54. The predicted molar refractivity (Wildman–Crippen MR) is 104 cm³/mol. The van der Waals surface area contributed by atoms with Crippen molar-refractivity contribution in [3.8, 4) is 0 Å². The summed E-state index contributed by atoms with van der Waals surface area (Å²) < 4.78 is 0. The molecule has 0 spiro atoms. The molecule has 3 heteroatoms. The van der Waals surface area contributed by atoms with Gasteiger partial charge in [0, 0.05) is 44.8 Å². The van der Waals surface area contributed by atoms with Crippen LogP contribution in [0.2, 0.25) is 0 Å². The lowest BCUT2D eigenvalue weighted by Gasteiger charge is -2.45. The molecule has 0 atom stereocenters. The quantitative estimate of drug-likeness (QED) is 0.906. The highest BCUT2D eigenvalue weighted by atomic mass is 15.3. The number of benzene rings is 2. The third kappa shape index (κ3) is 3.64. The van der Waals surface area contributed by atoms with Crippen LogP contribution < -0.4 is 5.32 Å². The maximum atomic E-state index is 3.51. The van der Waals surface area contributed by atoms with Gasteiger partial charge in [0.25, 0.3) is 0 Å². The van der Waals surface area contributed by atoms with Crippen LogP contribution in [0.5, 0.6) is 0 Å². The highest BCUT2D eigenvalue weighted by Gasteiger charge is 2.43. The van der Waals surface area contributed by atoms with Crippen molar-refractivity contribution in [2.75, 3.05) is 39.8 Å². The first kappa shape index (κ1) is 16.8. The second-order valence-corrected chi connectivity index (χ2v) is 7.74. The minimum Gasteiger partial charge on any atom is -0.314 e. The summed E-state index contributed by atoms with van der Waals surface area (Å²) in [6.07, 6.45) is 2.37. The first-order valence-corrected chi connectivity index (χ1v) is 9.50. The normalized spacial score (nSPS) is 19.9. The van der Waals surface area contributed by atoms with Crippen LogP contribution in [0.3, 0.4) is 0 Å². The van der Waals surface area contributed by atoms with E-state index in [9.17, 15) is 0 Å². The fourth-order valence-corrected chi connectivity index (χ4v) is 4.70. The summed E-state index contributed by atoms with van der Waals surface area (Å²) in [5, 5.41) is 3.51. The minimum atomic E-state index is 0.245. The Morgan fingerprint density at radius 3 is 2.16 bits per heavy atom. The van der Waals surface area contributed by atoms with Gasteiger partial charge >= 0.3 is 0 Å². The van der Waals surface area contributed by atoms with Crippen LogP contribution in [0.1, 0.15) is 16.7 Å². The van der Waals surface area contributed by atoms with Crippen LogP contribution in [-0.4, -0.2) is 55.1 Å². The average molecular weight is 335 g/mol. The van der Waals surface area contributed by atoms with Crippen LogP contribution in [0.15, 0.2) is 54.6 Å². The van der Waals surface area contributed by atoms with Crippen LogP contribution in [0.4, 0.5) is 0 Å². The molecular weight excluding hydrogens is 306 g/mol. The SMILES string of the molecule is CN(Cc1ccccc1)CC1(N2CCNCC2)Cc2ccccc2C1. The van der Waals surface area contributed by atoms with Crippen molar-refractivity contribution >= 4 is 0 Å². The number of hydrogen-bond donors (Lipinski definition) is 1. The van der Waals surface area contributed by atoms with Crippen LogP contribution in [-0.2, 0) is 19.4 Å². The molecule has 1 fully saturated rings. The number of fused-ring (bicyclic) bond motifs is 1.